The highest BCUT2D eigenvalue weighted by Crippen LogP contribution is 2.01. The number of nitrogens with two attached hydrogens (primary N) is 1. The number of hydrogen-bond donors (Lipinski definition) is 2. The van der Waals surface area contributed by atoms with E-state index in [1.165, 1.54) is 0 Å². The topological polar surface area (TPSA) is 58.4 Å². The average molecular weight is 183 g/mol. The van der Waals surface area contributed by atoms with Crippen LogP contribution in [0.3, 0.4) is 0 Å². The minimum atomic E-state index is -0.918. The summed E-state index contributed by atoms with van der Waals surface area (Å²) in [6.45, 7) is -0.0240. The monoisotopic (exact) mass is 183 g/mol. The Kier molecular flexibility index (Phi) is 3.22. The molecule has 70 valence electrons. The van der Waals surface area contributed by atoms with Crippen LogP contribution < -0.4 is 11.2 Å². The van der Waals surface area contributed by atoms with E-state index in [4.69, 9.17) is 5.73 Å². The van der Waals surface area contributed by atoms with Crippen molar-refractivity contribution in [2.45, 2.75) is 6.54 Å². The van der Waals surface area contributed by atoms with Crippen LogP contribution in [0.2, 0.25) is 0 Å². The molecule has 1 rings (SSSR count). The van der Waals surface area contributed by atoms with Crippen LogP contribution >= 0.6 is 0 Å². The first-order valence-electron chi connectivity index (χ1n) is 3.72. The van der Waals surface area contributed by atoms with Crippen molar-refractivity contribution in [1.82, 2.24) is 10.7 Å². The number of amides is 2. The van der Waals surface area contributed by atoms with Crippen molar-refractivity contribution >= 4 is 6.03 Å². The Labute approximate surface area is 75.0 Å². The second kappa shape index (κ2) is 4.42. The fourth-order valence-electron chi connectivity index (χ4n) is 0.903. The fraction of sp³-hybridized carbons (Fsp3) is 0.125. The van der Waals surface area contributed by atoms with Crippen LogP contribution in [0, 0.1) is 0 Å². The second-order valence-corrected chi connectivity index (χ2v) is 2.48. The van der Waals surface area contributed by atoms with Crippen LogP contribution in [-0.2, 0) is 6.54 Å². The summed E-state index contributed by atoms with van der Waals surface area (Å²) in [6.07, 6.45) is 0. The van der Waals surface area contributed by atoms with E-state index in [2.05, 4.69) is 0 Å². The van der Waals surface area contributed by atoms with Gasteiger partial charge in [-0.05, 0) is 10.8 Å². The third-order valence-electron chi connectivity index (χ3n) is 1.40. The molecule has 0 atom stereocenters. The normalized spacial score (nSPS) is 10.0. The van der Waals surface area contributed by atoms with E-state index >= 15 is 0 Å². The first kappa shape index (κ1) is 9.47. The van der Waals surface area contributed by atoms with Gasteiger partial charge in [-0.1, -0.05) is 30.3 Å². The number of carbonyl (C=O) groups excluding carboxylic acids is 1. The van der Waals surface area contributed by atoms with E-state index in [0.29, 0.717) is 0 Å². The molecule has 0 spiro atoms. The fourth-order valence-corrected chi connectivity index (χ4v) is 0.903. The van der Waals surface area contributed by atoms with Crippen molar-refractivity contribution in [3.05, 3.63) is 35.9 Å². The van der Waals surface area contributed by atoms with Gasteiger partial charge >= 0.3 is 6.03 Å². The van der Waals surface area contributed by atoms with Crippen LogP contribution in [-0.4, -0.2) is 11.3 Å². The molecule has 0 aliphatic rings. The van der Waals surface area contributed by atoms with Gasteiger partial charge in [0.15, 0.2) is 0 Å². The molecule has 13 heavy (non-hydrogen) atoms. The van der Waals surface area contributed by atoms with Gasteiger partial charge in [-0.25, -0.2) is 10.2 Å². The van der Waals surface area contributed by atoms with Gasteiger partial charge in [0.05, 0.1) is 6.54 Å². The Balaban J connectivity index is 2.45. The van der Waals surface area contributed by atoms with Crippen molar-refractivity contribution in [2.24, 2.45) is 5.73 Å². The third kappa shape index (κ3) is 3.53. The zero-order chi connectivity index (χ0) is 9.68. The van der Waals surface area contributed by atoms with Crippen molar-refractivity contribution in [2.75, 3.05) is 0 Å². The quantitative estimate of drug-likeness (QED) is 0.541. The number of primary amides is 1. The maximum absolute atomic E-state index is 12.8. The third-order valence-corrected chi connectivity index (χ3v) is 1.40. The smallest absolute Gasteiger partial charge is 0.328 e. The number of hydrazine groups is 1. The number of urea groups is 1. The first-order valence-corrected chi connectivity index (χ1v) is 3.72. The molecule has 5 heteroatoms. The highest BCUT2D eigenvalue weighted by Gasteiger charge is 2.04. The number of hydrogen-bond acceptors (Lipinski definition) is 2. The number of rotatable bonds is 3. The van der Waals surface area contributed by atoms with Crippen molar-refractivity contribution in [3.8, 4) is 0 Å². The zero-order valence-electron chi connectivity index (χ0n) is 6.90. The van der Waals surface area contributed by atoms with Gasteiger partial charge in [0.1, 0.15) is 0 Å². The van der Waals surface area contributed by atoms with Crippen molar-refractivity contribution in [3.63, 3.8) is 0 Å². The number of halogens is 1. The van der Waals surface area contributed by atoms with Crippen LogP contribution in [0.15, 0.2) is 30.3 Å². The van der Waals surface area contributed by atoms with Crippen LogP contribution in [0.1, 0.15) is 5.56 Å². The average Bonchev–Trinajstić information content (AvgIpc) is 2.04. The van der Waals surface area contributed by atoms with E-state index in [0.717, 1.165) is 5.56 Å². The molecule has 0 aliphatic heterocycles. The van der Waals surface area contributed by atoms with E-state index in [9.17, 15) is 9.28 Å². The van der Waals surface area contributed by atoms with Gasteiger partial charge in [-0.2, -0.15) is 0 Å². The lowest BCUT2D eigenvalue weighted by Gasteiger charge is -2.10. The van der Waals surface area contributed by atoms with Gasteiger partial charge in [-0.3, -0.25) is 0 Å². The van der Waals surface area contributed by atoms with E-state index < -0.39 is 6.03 Å². The SMILES string of the molecule is NC(=O)NN(F)Cc1ccccc1. The standard InChI is InChI=1S/C8H10FN3O/c9-12(11-8(10)13)6-7-4-2-1-3-5-7/h1-5H,6H2,(H3,10,11,13). The lowest BCUT2D eigenvalue weighted by Crippen LogP contribution is -2.39. The summed E-state index contributed by atoms with van der Waals surface area (Å²) in [5.41, 5.74) is 7.26. The lowest BCUT2D eigenvalue weighted by molar-refractivity contribution is -0.0241. The maximum atomic E-state index is 12.8. The van der Waals surface area contributed by atoms with Crippen molar-refractivity contribution in [1.29, 1.82) is 0 Å². The zero-order valence-corrected chi connectivity index (χ0v) is 6.90. The van der Waals surface area contributed by atoms with Crippen molar-refractivity contribution < 1.29 is 9.28 Å². The molecule has 0 heterocycles. The molecule has 3 N–H and O–H groups in total. The van der Waals surface area contributed by atoms with Gasteiger partial charge in [0.25, 0.3) is 0 Å². The molecule has 0 fully saturated rings. The molecular weight excluding hydrogens is 173 g/mol. The molecular formula is C8H10FN3O. The summed E-state index contributed by atoms with van der Waals surface area (Å²) in [6, 6.07) is 7.97. The van der Waals surface area contributed by atoms with Gasteiger partial charge in [-0.15, -0.1) is 4.48 Å². The minimum Gasteiger partial charge on any atom is -0.350 e. The van der Waals surface area contributed by atoms with Gasteiger partial charge < -0.3 is 5.73 Å². The maximum Gasteiger partial charge on any atom is 0.328 e. The Bertz CT molecular complexity index is 278. The molecule has 0 bridgehead atoms. The number of carbonyl (C=O) groups is 1. The summed E-state index contributed by atoms with van der Waals surface area (Å²) in [4.78, 5) is 10.2. The second-order valence-electron chi connectivity index (χ2n) is 2.48. The summed E-state index contributed by atoms with van der Waals surface area (Å²) < 4.78 is 12.8. The van der Waals surface area contributed by atoms with E-state index in [1.54, 1.807) is 29.7 Å². The van der Waals surface area contributed by atoms with Crippen LogP contribution in [0.4, 0.5) is 9.28 Å². The van der Waals surface area contributed by atoms with E-state index in [1.807, 2.05) is 6.07 Å². The lowest BCUT2D eigenvalue weighted by atomic mass is 10.2. The molecule has 0 saturated heterocycles. The highest BCUT2D eigenvalue weighted by molar-refractivity contribution is 5.70. The minimum absolute atomic E-state index is 0.0240. The van der Waals surface area contributed by atoms with Gasteiger partial charge in [0.2, 0.25) is 0 Å². The Morgan fingerprint density at radius 1 is 1.46 bits per heavy atom. The Hall–Kier alpha value is -1.62. The first-order chi connectivity index (χ1) is 6.18. The molecule has 0 saturated carbocycles. The molecule has 0 unspecified atom stereocenters. The molecule has 0 aliphatic carbocycles. The van der Waals surface area contributed by atoms with E-state index in [-0.39, 0.29) is 11.8 Å². The summed E-state index contributed by atoms with van der Waals surface area (Å²) in [7, 11) is 0. The molecule has 4 nitrogen and oxygen atoms in total. The number of nitrogens with one attached hydrogen (secondary N) is 1. The number of nitrogens with zero attached hydrogens (tertiary/aromatic N) is 1. The summed E-state index contributed by atoms with van der Waals surface area (Å²) in [5, 5.41) is 0.137. The molecule has 0 radical (unpaired) electrons. The molecule has 2 amide bonds. The summed E-state index contributed by atoms with van der Waals surface area (Å²) >= 11 is 0. The predicted octanol–water partition coefficient (Wildman–Crippen LogP) is 0.956. The van der Waals surface area contributed by atoms with Gasteiger partial charge in [0, 0.05) is 0 Å². The molecule has 1 aromatic carbocycles. The predicted molar refractivity (Wildman–Crippen MR) is 45.8 cm³/mol. The Morgan fingerprint density at radius 2 is 2.08 bits per heavy atom. The molecule has 1 aromatic rings. The van der Waals surface area contributed by atoms with Crippen LogP contribution in [0.25, 0.3) is 0 Å². The summed E-state index contributed by atoms with van der Waals surface area (Å²) in [5.74, 6) is 0. The molecule has 0 aromatic heterocycles. The largest absolute Gasteiger partial charge is 0.350 e. The van der Waals surface area contributed by atoms with Crippen LogP contribution in [0.5, 0.6) is 0 Å². The number of benzene rings is 1. The highest BCUT2D eigenvalue weighted by atomic mass is 19.2. The Morgan fingerprint density at radius 3 is 2.62 bits per heavy atom.